The first-order chi connectivity index (χ1) is 12.3. The fourth-order valence-corrected chi connectivity index (χ4v) is 3.09. The molecule has 5 atom stereocenters. The summed E-state index contributed by atoms with van der Waals surface area (Å²) in [5.41, 5.74) is 0.289. The molecule has 1 saturated heterocycles. The largest absolute Gasteiger partial charge is 0.454 e. The second-order valence-corrected chi connectivity index (χ2v) is 6.25. The first kappa shape index (κ1) is 20.3. The van der Waals surface area contributed by atoms with Gasteiger partial charge in [0.05, 0.1) is 5.56 Å². The lowest BCUT2D eigenvalue weighted by molar-refractivity contribution is -0.283. The lowest BCUT2D eigenvalue weighted by atomic mass is 9.99. The number of hydrogen-bond donors (Lipinski definition) is 1. The molecule has 26 heavy (non-hydrogen) atoms. The van der Waals surface area contributed by atoms with Crippen LogP contribution in [0.5, 0.6) is 0 Å². The van der Waals surface area contributed by atoms with Crippen LogP contribution in [-0.2, 0) is 28.5 Å². The Kier molecular flexibility index (Phi) is 7.13. The van der Waals surface area contributed by atoms with E-state index in [1.165, 1.54) is 0 Å². The van der Waals surface area contributed by atoms with Crippen LogP contribution in [0, 0.1) is 0 Å². The van der Waals surface area contributed by atoms with E-state index >= 15 is 0 Å². The molecule has 1 heterocycles. The van der Waals surface area contributed by atoms with Gasteiger partial charge in [-0.15, -0.1) is 0 Å². The maximum atomic E-state index is 12.4. The van der Waals surface area contributed by atoms with Gasteiger partial charge < -0.3 is 24.1 Å². The van der Waals surface area contributed by atoms with Crippen LogP contribution >= 0.6 is 15.9 Å². The van der Waals surface area contributed by atoms with Gasteiger partial charge in [-0.05, 0) is 12.1 Å². The second kappa shape index (κ2) is 9.11. The number of carbonyl (C=O) groups is 3. The molecule has 1 N–H and O–H groups in total. The van der Waals surface area contributed by atoms with E-state index in [0.29, 0.717) is 0 Å². The molecular formula is C17H19BrO8. The molecule has 8 nitrogen and oxygen atoms in total. The summed E-state index contributed by atoms with van der Waals surface area (Å²) in [6.07, 6.45) is -6.03. The van der Waals surface area contributed by atoms with Gasteiger partial charge in [0.25, 0.3) is 0 Å². The molecule has 1 fully saturated rings. The summed E-state index contributed by atoms with van der Waals surface area (Å²) >= 11 is 3.21. The number of aliphatic hydroxyl groups excluding tert-OH is 1. The van der Waals surface area contributed by atoms with Gasteiger partial charge in [0.2, 0.25) is 0 Å². The Balaban J connectivity index is 2.30. The van der Waals surface area contributed by atoms with Crippen molar-refractivity contribution in [3.63, 3.8) is 0 Å². The smallest absolute Gasteiger partial charge is 0.338 e. The summed E-state index contributed by atoms with van der Waals surface area (Å²) in [6.45, 7) is 2.30. The van der Waals surface area contributed by atoms with Crippen molar-refractivity contribution in [1.29, 1.82) is 0 Å². The quantitative estimate of drug-likeness (QED) is 0.421. The Morgan fingerprint density at radius 1 is 1.00 bits per heavy atom. The molecular weight excluding hydrogens is 412 g/mol. The number of hydrogen-bond acceptors (Lipinski definition) is 8. The maximum absolute atomic E-state index is 12.4. The summed E-state index contributed by atoms with van der Waals surface area (Å²) < 4.78 is 21.1. The molecule has 0 spiro atoms. The Morgan fingerprint density at radius 3 is 2.12 bits per heavy atom. The minimum atomic E-state index is -1.54. The first-order valence-corrected chi connectivity index (χ1v) is 8.95. The highest BCUT2D eigenvalue weighted by Crippen LogP contribution is 2.29. The molecule has 0 saturated carbocycles. The Labute approximate surface area is 158 Å². The van der Waals surface area contributed by atoms with Crippen molar-refractivity contribution >= 4 is 33.8 Å². The topological polar surface area (TPSA) is 108 Å². The molecule has 0 unspecified atom stereocenters. The highest BCUT2D eigenvalue weighted by Gasteiger charge is 2.51. The standard InChI is InChI=1S/C17H19BrO8/c1-9(19)23-14-13(26-16(21)11-6-4-3-5-7-11)12(8-18)25-17(22)15(14)24-10(2)20/h3-7,12-15,17,22H,8H2,1-2H3/t12-,13+,14-,15+,17-/m0/s1. The van der Waals surface area contributed by atoms with Crippen molar-refractivity contribution in [3.8, 4) is 0 Å². The molecule has 1 aromatic rings. The average molecular weight is 431 g/mol. The zero-order valence-electron chi connectivity index (χ0n) is 14.2. The number of esters is 3. The third-order valence-corrected chi connectivity index (χ3v) is 4.26. The van der Waals surface area contributed by atoms with Gasteiger partial charge in [0.1, 0.15) is 6.10 Å². The third kappa shape index (κ3) is 5.03. The van der Waals surface area contributed by atoms with Gasteiger partial charge in [0, 0.05) is 19.2 Å². The highest BCUT2D eigenvalue weighted by atomic mass is 79.9. The number of carbonyl (C=O) groups excluding carboxylic acids is 3. The molecule has 0 aliphatic carbocycles. The van der Waals surface area contributed by atoms with Crippen LogP contribution < -0.4 is 0 Å². The molecule has 142 valence electrons. The van der Waals surface area contributed by atoms with Crippen molar-refractivity contribution in [2.75, 3.05) is 5.33 Å². The molecule has 9 heteroatoms. The fraction of sp³-hybridized carbons (Fsp3) is 0.471. The van der Waals surface area contributed by atoms with Gasteiger partial charge in [-0.2, -0.15) is 0 Å². The number of halogens is 1. The molecule has 0 bridgehead atoms. The summed E-state index contributed by atoms with van der Waals surface area (Å²) in [7, 11) is 0. The van der Waals surface area contributed by atoms with Crippen molar-refractivity contribution < 1.29 is 38.4 Å². The molecule has 1 aliphatic heterocycles. The number of rotatable bonds is 5. The Morgan fingerprint density at radius 2 is 1.58 bits per heavy atom. The number of aliphatic hydroxyl groups is 1. The number of alkyl halides is 1. The van der Waals surface area contributed by atoms with E-state index < -0.39 is 48.6 Å². The zero-order chi connectivity index (χ0) is 19.3. The van der Waals surface area contributed by atoms with Crippen LogP contribution in [-0.4, -0.2) is 59.1 Å². The van der Waals surface area contributed by atoms with Gasteiger partial charge in [-0.3, -0.25) is 9.59 Å². The van der Waals surface area contributed by atoms with Gasteiger partial charge in [-0.1, -0.05) is 34.1 Å². The maximum Gasteiger partial charge on any atom is 0.338 e. The molecule has 1 aliphatic rings. The summed E-state index contributed by atoms with van der Waals surface area (Å²) in [5, 5.41) is 10.3. The predicted molar refractivity (Wildman–Crippen MR) is 91.4 cm³/mol. The fourth-order valence-electron chi connectivity index (χ4n) is 2.57. The van der Waals surface area contributed by atoms with Gasteiger partial charge >= 0.3 is 17.9 Å². The van der Waals surface area contributed by atoms with Crippen LogP contribution in [0.3, 0.4) is 0 Å². The predicted octanol–water partition coefficient (Wildman–Crippen LogP) is 1.19. The zero-order valence-corrected chi connectivity index (χ0v) is 15.7. The van der Waals surface area contributed by atoms with Crippen molar-refractivity contribution in [3.05, 3.63) is 35.9 Å². The van der Waals surface area contributed by atoms with Crippen molar-refractivity contribution in [2.24, 2.45) is 0 Å². The normalized spacial score (nSPS) is 28.1. The van der Waals surface area contributed by atoms with Crippen molar-refractivity contribution in [2.45, 2.75) is 44.6 Å². The van der Waals surface area contributed by atoms with Crippen LogP contribution in [0.25, 0.3) is 0 Å². The summed E-state index contributed by atoms with van der Waals surface area (Å²) in [5.74, 6) is -2.06. The molecule has 0 aromatic heterocycles. The van der Waals surface area contributed by atoms with Crippen LogP contribution in [0.15, 0.2) is 30.3 Å². The number of ether oxygens (including phenoxy) is 4. The van der Waals surface area contributed by atoms with E-state index in [0.717, 1.165) is 13.8 Å². The first-order valence-electron chi connectivity index (χ1n) is 7.83. The highest BCUT2D eigenvalue weighted by molar-refractivity contribution is 9.09. The SMILES string of the molecule is CC(=O)O[C@@H]1[C@@H](OC(C)=O)[C@@H](O)O[C@@H](CBr)[C@H]1OC(=O)c1ccccc1. The van der Waals surface area contributed by atoms with Crippen LogP contribution in [0.4, 0.5) is 0 Å². The van der Waals surface area contributed by atoms with E-state index in [-0.39, 0.29) is 10.9 Å². The summed E-state index contributed by atoms with van der Waals surface area (Å²) in [6, 6.07) is 8.22. The second-order valence-electron chi connectivity index (χ2n) is 5.60. The molecule has 1 aromatic carbocycles. The molecule has 0 amide bonds. The monoisotopic (exact) mass is 430 g/mol. The van der Waals surface area contributed by atoms with Crippen molar-refractivity contribution in [1.82, 2.24) is 0 Å². The van der Waals surface area contributed by atoms with Gasteiger partial charge in [0.15, 0.2) is 24.6 Å². The lowest BCUT2D eigenvalue weighted by Gasteiger charge is -2.42. The van der Waals surface area contributed by atoms with E-state index in [1.54, 1.807) is 30.3 Å². The van der Waals surface area contributed by atoms with E-state index in [1.807, 2.05) is 0 Å². The van der Waals surface area contributed by atoms with Crippen LogP contribution in [0.1, 0.15) is 24.2 Å². The Bertz CT molecular complexity index is 649. The van der Waals surface area contributed by atoms with E-state index in [9.17, 15) is 19.5 Å². The minimum absolute atomic E-state index is 0.182. The molecule has 2 rings (SSSR count). The molecule has 0 radical (unpaired) electrons. The van der Waals surface area contributed by atoms with Crippen LogP contribution in [0.2, 0.25) is 0 Å². The van der Waals surface area contributed by atoms with Gasteiger partial charge in [-0.25, -0.2) is 4.79 Å². The lowest BCUT2D eigenvalue weighted by Crippen LogP contribution is -2.61. The summed E-state index contributed by atoms with van der Waals surface area (Å²) in [4.78, 5) is 35.3. The number of benzene rings is 1. The van der Waals surface area contributed by atoms with E-state index in [2.05, 4.69) is 15.9 Å². The third-order valence-electron chi connectivity index (χ3n) is 3.62. The Hall–Kier alpha value is -1.97. The van der Waals surface area contributed by atoms with E-state index in [4.69, 9.17) is 18.9 Å². The minimum Gasteiger partial charge on any atom is -0.454 e. The average Bonchev–Trinajstić information content (AvgIpc) is 2.60.